The fraction of sp³-hybridized carbons (Fsp3) is 0.385. The Labute approximate surface area is 106 Å². The molecule has 0 radical (unpaired) electrons. The maximum Gasteiger partial charge on any atom is 0.227 e. The van der Waals surface area contributed by atoms with E-state index in [4.69, 9.17) is 11.6 Å². The van der Waals surface area contributed by atoms with Crippen LogP contribution in [0.1, 0.15) is 25.0 Å². The zero-order chi connectivity index (χ0) is 12.3. The van der Waals surface area contributed by atoms with E-state index < -0.39 is 0 Å². The first-order valence-electron chi connectivity index (χ1n) is 5.76. The minimum Gasteiger partial charge on any atom is -0.324 e. The first kappa shape index (κ1) is 12.1. The molecule has 1 heterocycles. The fourth-order valence-corrected chi connectivity index (χ4v) is 2.12. The van der Waals surface area contributed by atoms with Crippen molar-refractivity contribution in [3.8, 4) is 0 Å². The zero-order valence-electron chi connectivity index (χ0n) is 9.74. The normalized spacial score (nSPS) is 19.1. The van der Waals surface area contributed by atoms with Gasteiger partial charge in [-0.1, -0.05) is 23.8 Å². The molecule has 0 saturated heterocycles. The second-order valence-corrected chi connectivity index (χ2v) is 4.62. The monoisotopic (exact) mass is 250 g/mol. The van der Waals surface area contributed by atoms with Gasteiger partial charge in [-0.3, -0.25) is 4.79 Å². The Balaban J connectivity index is 2.05. The number of rotatable bonds is 2. The first-order chi connectivity index (χ1) is 8.16. The summed E-state index contributed by atoms with van der Waals surface area (Å²) in [6, 6.07) is 3.48. The van der Waals surface area contributed by atoms with Crippen LogP contribution in [0.15, 0.2) is 24.3 Å². The van der Waals surface area contributed by atoms with Crippen LogP contribution in [0, 0.1) is 12.8 Å². The van der Waals surface area contributed by atoms with Gasteiger partial charge in [0.1, 0.15) is 5.15 Å². The van der Waals surface area contributed by atoms with Crippen molar-refractivity contribution in [2.75, 3.05) is 5.32 Å². The lowest BCUT2D eigenvalue weighted by Gasteiger charge is -2.17. The predicted octanol–water partition coefficient (Wildman–Crippen LogP) is 3.34. The van der Waals surface area contributed by atoms with Crippen molar-refractivity contribution in [1.82, 2.24) is 4.98 Å². The van der Waals surface area contributed by atoms with E-state index in [0.717, 1.165) is 30.6 Å². The average molecular weight is 251 g/mol. The third kappa shape index (κ3) is 3.07. The summed E-state index contributed by atoms with van der Waals surface area (Å²) >= 11 is 5.77. The van der Waals surface area contributed by atoms with Gasteiger partial charge in [-0.2, -0.15) is 0 Å². The molecule has 1 N–H and O–H groups in total. The summed E-state index contributed by atoms with van der Waals surface area (Å²) in [5.41, 5.74) is 1.49. The van der Waals surface area contributed by atoms with Crippen molar-refractivity contribution in [1.29, 1.82) is 0 Å². The quantitative estimate of drug-likeness (QED) is 0.646. The number of carbonyl (C=O) groups is 1. The number of carbonyl (C=O) groups excluding carboxylic acids is 1. The number of aryl methyl sites for hydroxylation is 1. The number of allylic oxidation sites excluding steroid dienone is 2. The minimum absolute atomic E-state index is 0.0709. The molecule has 0 bridgehead atoms. The van der Waals surface area contributed by atoms with Crippen LogP contribution in [0.4, 0.5) is 5.69 Å². The molecule has 2 rings (SSSR count). The van der Waals surface area contributed by atoms with Crippen LogP contribution in [-0.4, -0.2) is 10.9 Å². The molecule has 90 valence electrons. The van der Waals surface area contributed by atoms with E-state index in [1.165, 1.54) is 0 Å². The van der Waals surface area contributed by atoms with Gasteiger partial charge in [-0.25, -0.2) is 4.98 Å². The Hall–Kier alpha value is -1.35. The van der Waals surface area contributed by atoms with Gasteiger partial charge in [0.05, 0.1) is 11.4 Å². The molecule has 1 amide bonds. The number of nitrogens with one attached hydrogen (secondary N) is 1. The van der Waals surface area contributed by atoms with E-state index in [-0.39, 0.29) is 11.8 Å². The molecule has 3 nitrogen and oxygen atoms in total. The molecule has 17 heavy (non-hydrogen) atoms. The lowest BCUT2D eigenvalue weighted by Crippen LogP contribution is -2.24. The van der Waals surface area contributed by atoms with Gasteiger partial charge in [0, 0.05) is 5.92 Å². The molecule has 0 saturated carbocycles. The maximum absolute atomic E-state index is 12.0. The zero-order valence-corrected chi connectivity index (χ0v) is 10.5. The van der Waals surface area contributed by atoms with E-state index in [0.29, 0.717) is 5.15 Å². The van der Waals surface area contributed by atoms with E-state index in [2.05, 4.69) is 22.5 Å². The number of nitrogens with zero attached hydrogens (tertiary/aromatic N) is 1. The number of amides is 1. The van der Waals surface area contributed by atoms with E-state index in [1.807, 2.05) is 6.92 Å². The molecular formula is C13H15ClN2O. The van der Waals surface area contributed by atoms with E-state index >= 15 is 0 Å². The second kappa shape index (κ2) is 5.32. The van der Waals surface area contributed by atoms with Crippen molar-refractivity contribution in [3.63, 3.8) is 0 Å². The Morgan fingerprint density at radius 2 is 2.29 bits per heavy atom. The summed E-state index contributed by atoms with van der Waals surface area (Å²) < 4.78 is 0. The van der Waals surface area contributed by atoms with Crippen LogP contribution in [0.3, 0.4) is 0 Å². The van der Waals surface area contributed by atoms with Gasteiger partial charge in [0.25, 0.3) is 0 Å². The van der Waals surface area contributed by atoms with Gasteiger partial charge in [-0.05, 0) is 38.3 Å². The van der Waals surface area contributed by atoms with Gasteiger partial charge < -0.3 is 5.32 Å². The van der Waals surface area contributed by atoms with Crippen LogP contribution >= 0.6 is 11.6 Å². The van der Waals surface area contributed by atoms with Gasteiger partial charge in [0.2, 0.25) is 5.91 Å². The van der Waals surface area contributed by atoms with E-state index in [1.54, 1.807) is 12.1 Å². The van der Waals surface area contributed by atoms with Crippen LogP contribution in [0.2, 0.25) is 5.15 Å². The van der Waals surface area contributed by atoms with Gasteiger partial charge in [0.15, 0.2) is 0 Å². The molecule has 1 aliphatic rings. The largest absolute Gasteiger partial charge is 0.324 e. The summed E-state index contributed by atoms with van der Waals surface area (Å²) in [7, 11) is 0. The molecule has 1 unspecified atom stereocenters. The highest BCUT2D eigenvalue weighted by molar-refractivity contribution is 6.29. The molecule has 4 heteroatoms. The first-order valence-corrected chi connectivity index (χ1v) is 6.13. The number of anilines is 1. The molecular weight excluding hydrogens is 236 g/mol. The molecule has 1 aromatic heterocycles. The molecule has 1 aliphatic carbocycles. The Kier molecular flexibility index (Phi) is 3.79. The number of halogens is 1. The number of pyridine rings is 1. The second-order valence-electron chi connectivity index (χ2n) is 4.24. The summed E-state index contributed by atoms with van der Waals surface area (Å²) in [6.07, 6.45) is 6.92. The van der Waals surface area contributed by atoms with Crippen molar-refractivity contribution >= 4 is 23.2 Å². The lowest BCUT2D eigenvalue weighted by atomic mass is 9.93. The third-order valence-electron chi connectivity index (χ3n) is 2.95. The number of hydrogen-bond acceptors (Lipinski definition) is 2. The molecule has 1 aromatic rings. The van der Waals surface area contributed by atoms with Crippen molar-refractivity contribution in [3.05, 3.63) is 35.1 Å². The third-order valence-corrected chi connectivity index (χ3v) is 3.16. The summed E-state index contributed by atoms with van der Waals surface area (Å²) in [6.45, 7) is 1.84. The lowest BCUT2D eigenvalue weighted by molar-refractivity contribution is -0.120. The predicted molar refractivity (Wildman–Crippen MR) is 69.1 cm³/mol. The minimum atomic E-state index is 0.0709. The Morgan fingerprint density at radius 1 is 1.47 bits per heavy atom. The van der Waals surface area contributed by atoms with Gasteiger partial charge in [-0.15, -0.1) is 0 Å². The topological polar surface area (TPSA) is 42.0 Å². The van der Waals surface area contributed by atoms with Gasteiger partial charge >= 0.3 is 0 Å². The SMILES string of the molecule is Cc1nc(Cl)ccc1NC(=O)C1CC=CCC1. The van der Waals surface area contributed by atoms with Crippen LogP contribution < -0.4 is 5.32 Å². The average Bonchev–Trinajstić information content (AvgIpc) is 2.34. The molecule has 0 aliphatic heterocycles. The number of aromatic nitrogens is 1. The summed E-state index contributed by atoms with van der Waals surface area (Å²) in [5, 5.41) is 3.36. The molecule has 0 fully saturated rings. The van der Waals surface area contributed by atoms with Crippen molar-refractivity contribution in [2.45, 2.75) is 26.2 Å². The highest BCUT2D eigenvalue weighted by Gasteiger charge is 2.19. The Morgan fingerprint density at radius 3 is 2.94 bits per heavy atom. The maximum atomic E-state index is 12.0. The molecule has 1 atom stereocenters. The molecule has 0 aromatic carbocycles. The van der Waals surface area contributed by atoms with Crippen LogP contribution in [0.5, 0.6) is 0 Å². The summed E-state index contributed by atoms with van der Waals surface area (Å²) in [4.78, 5) is 16.1. The van der Waals surface area contributed by atoms with Crippen molar-refractivity contribution < 1.29 is 4.79 Å². The summed E-state index contributed by atoms with van der Waals surface area (Å²) in [5.74, 6) is 0.150. The number of hydrogen-bond donors (Lipinski definition) is 1. The highest BCUT2D eigenvalue weighted by Crippen LogP contribution is 2.22. The Bertz CT molecular complexity index is 457. The molecule has 0 spiro atoms. The standard InChI is InChI=1S/C13H15ClN2O/c1-9-11(7-8-12(14)15-9)16-13(17)10-5-3-2-4-6-10/h2-3,7-8,10H,4-6H2,1H3,(H,16,17). The van der Waals surface area contributed by atoms with Crippen LogP contribution in [0.25, 0.3) is 0 Å². The van der Waals surface area contributed by atoms with Crippen molar-refractivity contribution in [2.24, 2.45) is 5.92 Å². The van der Waals surface area contributed by atoms with E-state index in [9.17, 15) is 4.79 Å². The van der Waals surface area contributed by atoms with Crippen LogP contribution in [-0.2, 0) is 4.79 Å². The smallest absolute Gasteiger partial charge is 0.227 e. The fourth-order valence-electron chi connectivity index (χ4n) is 1.93. The highest BCUT2D eigenvalue weighted by atomic mass is 35.5.